The Morgan fingerprint density at radius 3 is 2.70 bits per heavy atom. The number of nitrogens with one attached hydrogen (secondary N) is 2. The number of hydrogen-bond donors (Lipinski definition) is 2. The molecule has 1 fully saturated rings. The molecule has 0 spiro atoms. The standard InChI is InChI=1S/C20H33N3O3.HI/c1-3-21-20(22-10-13-24-4-2)23-15-17-6-5-7-18(14-17)16-26-19-8-11-25-12-9-19;/h5-7,14,19H,3-4,8-13,15-16H2,1-2H3,(H2,21,22,23);1H. The van der Waals surface area contributed by atoms with E-state index in [-0.39, 0.29) is 24.0 Å². The monoisotopic (exact) mass is 491 g/mol. The maximum atomic E-state index is 6.01. The molecule has 0 bridgehead atoms. The SMILES string of the molecule is CCNC(=NCc1cccc(COC2CCOCC2)c1)NCCOCC.I. The highest BCUT2D eigenvalue weighted by Crippen LogP contribution is 2.14. The van der Waals surface area contributed by atoms with E-state index in [1.165, 1.54) is 11.1 Å². The number of aliphatic imine (C=N–C) groups is 1. The van der Waals surface area contributed by atoms with Crippen LogP contribution in [0, 0.1) is 0 Å². The van der Waals surface area contributed by atoms with Crippen LogP contribution in [0.1, 0.15) is 37.8 Å². The number of hydrogen-bond acceptors (Lipinski definition) is 4. The quantitative estimate of drug-likeness (QED) is 0.228. The van der Waals surface area contributed by atoms with Crippen LogP contribution < -0.4 is 10.6 Å². The van der Waals surface area contributed by atoms with Crippen LogP contribution in [-0.2, 0) is 27.4 Å². The van der Waals surface area contributed by atoms with Crippen LogP contribution >= 0.6 is 24.0 Å². The molecule has 1 aliphatic heterocycles. The molecule has 0 aliphatic carbocycles. The largest absolute Gasteiger partial charge is 0.381 e. The first kappa shape index (κ1) is 24.1. The summed E-state index contributed by atoms with van der Waals surface area (Å²) in [6.45, 7) is 9.96. The van der Waals surface area contributed by atoms with Crippen LogP contribution in [-0.4, -0.2) is 51.6 Å². The molecule has 0 radical (unpaired) electrons. The van der Waals surface area contributed by atoms with E-state index < -0.39 is 0 Å². The van der Waals surface area contributed by atoms with E-state index in [9.17, 15) is 0 Å². The van der Waals surface area contributed by atoms with Crippen LogP contribution in [0.2, 0.25) is 0 Å². The van der Waals surface area contributed by atoms with Gasteiger partial charge in [-0.05, 0) is 37.8 Å². The lowest BCUT2D eigenvalue weighted by molar-refractivity contribution is -0.0390. The van der Waals surface area contributed by atoms with Crippen molar-refractivity contribution in [2.24, 2.45) is 4.99 Å². The molecular formula is C20H34IN3O3. The van der Waals surface area contributed by atoms with Gasteiger partial charge in [0.25, 0.3) is 0 Å². The zero-order valence-corrected chi connectivity index (χ0v) is 18.9. The van der Waals surface area contributed by atoms with E-state index in [0.717, 1.165) is 51.7 Å². The van der Waals surface area contributed by atoms with Crippen molar-refractivity contribution in [1.82, 2.24) is 10.6 Å². The highest BCUT2D eigenvalue weighted by atomic mass is 127. The fourth-order valence-corrected chi connectivity index (χ4v) is 2.77. The maximum absolute atomic E-state index is 6.01. The van der Waals surface area contributed by atoms with Gasteiger partial charge in [0.1, 0.15) is 0 Å². The molecular weight excluding hydrogens is 457 g/mol. The molecule has 0 atom stereocenters. The normalized spacial score (nSPS) is 15.3. The first-order chi connectivity index (χ1) is 12.8. The van der Waals surface area contributed by atoms with Crippen molar-refractivity contribution in [2.75, 3.05) is 39.5 Å². The molecule has 7 heteroatoms. The van der Waals surface area contributed by atoms with Crippen molar-refractivity contribution >= 4 is 29.9 Å². The summed E-state index contributed by atoms with van der Waals surface area (Å²) in [5.41, 5.74) is 2.37. The van der Waals surface area contributed by atoms with Gasteiger partial charge in [-0.2, -0.15) is 0 Å². The van der Waals surface area contributed by atoms with Crippen LogP contribution in [0.3, 0.4) is 0 Å². The zero-order valence-electron chi connectivity index (χ0n) is 16.5. The Morgan fingerprint density at radius 2 is 1.96 bits per heavy atom. The van der Waals surface area contributed by atoms with Crippen molar-refractivity contribution in [1.29, 1.82) is 0 Å². The third-order valence-electron chi connectivity index (χ3n) is 4.15. The second-order valence-corrected chi connectivity index (χ2v) is 6.26. The predicted molar refractivity (Wildman–Crippen MR) is 120 cm³/mol. The molecule has 1 aromatic rings. The summed E-state index contributed by atoms with van der Waals surface area (Å²) < 4.78 is 16.7. The lowest BCUT2D eigenvalue weighted by atomic mass is 10.1. The first-order valence-electron chi connectivity index (χ1n) is 9.69. The molecule has 6 nitrogen and oxygen atoms in total. The van der Waals surface area contributed by atoms with Crippen LogP contribution in [0.15, 0.2) is 29.3 Å². The minimum atomic E-state index is 0. The molecule has 0 aromatic heterocycles. The van der Waals surface area contributed by atoms with Crippen molar-refractivity contribution in [3.8, 4) is 0 Å². The molecule has 0 amide bonds. The van der Waals surface area contributed by atoms with Crippen LogP contribution in [0.4, 0.5) is 0 Å². The lowest BCUT2D eigenvalue weighted by Gasteiger charge is -2.22. The summed E-state index contributed by atoms with van der Waals surface area (Å²) in [6.07, 6.45) is 2.30. The molecule has 2 N–H and O–H groups in total. The third kappa shape index (κ3) is 10.3. The van der Waals surface area contributed by atoms with Gasteiger partial charge in [0.2, 0.25) is 0 Å². The Morgan fingerprint density at radius 1 is 1.19 bits per heavy atom. The minimum Gasteiger partial charge on any atom is -0.381 e. The summed E-state index contributed by atoms with van der Waals surface area (Å²) in [5, 5.41) is 6.55. The van der Waals surface area contributed by atoms with Gasteiger partial charge >= 0.3 is 0 Å². The number of rotatable bonds is 10. The van der Waals surface area contributed by atoms with Gasteiger partial charge < -0.3 is 24.8 Å². The van der Waals surface area contributed by atoms with Gasteiger partial charge in [-0.3, -0.25) is 0 Å². The summed E-state index contributed by atoms with van der Waals surface area (Å²) in [5.74, 6) is 0.816. The first-order valence-corrected chi connectivity index (χ1v) is 9.69. The summed E-state index contributed by atoms with van der Waals surface area (Å²) >= 11 is 0. The highest BCUT2D eigenvalue weighted by Gasteiger charge is 2.13. The molecule has 1 heterocycles. The molecule has 0 unspecified atom stereocenters. The summed E-state index contributed by atoms with van der Waals surface area (Å²) in [4.78, 5) is 4.65. The fraction of sp³-hybridized carbons (Fsp3) is 0.650. The Labute approximate surface area is 180 Å². The van der Waals surface area contributed by atoms with E-state index in [4.69, 9.17) is 14.2 Å². The second kappa shape index (κ2) is 15.1. The van der Waals surface area contributed by atoms with Crippen molar-refractivity contribution in [2.45, 2.75) is 45.9 Å². The van der Waals surface area contributed by atoms with Gasteiger partial charge in [0, 0.05) is 32.9 Å². The Kier molecular flexibility index (Phi) is 13.5. The fourth-order valence-electron chi connectivity index (χ4n) is 2.77. The van der Waals surface area contributed by atoms with Gasteiger partial charge in [0.15, 0.2) is 5.96 Å². The number of nitrogens with zero attached hydrogens (tertiary/aromatic N) is 1. The Balaban J connectivity index is 0.00000364. The number of benzene rings is 1. The van der Waals surface area contributed by atoms with Crippen molar-refractivity contribution < 1.29 is 14.2 Å². The zero-order chi connectivity index (χ0) is 18.5. The van der Waals surface area contributed by atoms with Crippen molar-refractivity contribution in [3.63, 3.8) is 0 Å². The smallest absolute Gasteiger partial charge is 0.191 e. The van der Waals surface area contributed by atoms with Gasteiger partial charge in [0.05, 0.1) is 25.9 Å². The van der Waals surface area contributed by atoms with Gasteiger partial charge in [-0.1, -0.05) is 24.3 Å². The molecule has 27 heavy (non-hydrogen) atoms. The Bertz CT molecular complexity index is 537. The van der Waals surface area contributed by atoms with E-state index in [1.807, 2.05) is 6.92 Å². The molecule has 0 saturated carbocycles. The van der Waals surface area contributed by atoms with Crippen LogP contribution in [0.25, 0.3) is 0 Å². The second-order valence-electron chi connectivity index (χ2n) is 6.26. The van der Waals surface area contributed by atoms with Gasteiger partial charge in [-0.25, -0.2) is 4.99 Å². The maximum Gasteiger partial charge on any atom is 0.191 e. The summed E-state index contributed by atoms with van der Waals surface area (Å²) in [6, 6.07) is 8.46. The molecule has 1 aromatic carbocycles. The lowest BCUT2D eigenvalue weighted by Crippen LogP contribution is -2.39. The third-order valence-corrected chi connectivity index (χ3v) is 4.15. The molecule has 1 saturated heterocycles. The predicted octanol–water partition coefficient (Wildman–Crippen LogP) is 3.09. The number of ether oxygens (including phenoxy) is 3. The van der Waals surface area contributed by atoms with E-state index in [0.29, 0.717) is 25.9 Å². The molecule has 154 valence electrons. The van der Waals surface area contributed by atoms with E-state index in [2.05, 4.69) is 46.8 Å². The number of guanidine groups is 1. The molecule has 2 rings (SSSR count). The average Bonchev–Trinajstić information content (AvgIpc) is 2.69. The van der Waals surface area contributed by atoms with Crippen LogP contribution in [0.5, 0.6) is 0 Å². The van der Waals surface area contributed by atoms with E-state index >= 15 is 0 Å². The van der Waals surface area contributed by atoms with Gasteiger partial charge in [-0.15, -0.1) is 24.0 Å². The van der Waals surface area contributed by atoms with E-state index in [1.54, 1.807) is 0 Å². The molecule has 1 aliphatic rings. The van der Waals surface area contributed by atoms with Crippen molar-refractivity contribution in [3.05, 3.63) is 35.4 Å². The summed E-state index contributed by atoms with van der Waals surface area (Å²) in [7, 11) is 0. The number of halogens is 1. The Hall–Kier alpha value is -0.900. The highest BCUT2D eigenvalue weighted by molar-refractivity contribution is 14.0. The minimum absolute atomic E-state index is 0. The average molecular weight is 491 g/mol. The topological polar surface area (TPSA) is 64.1 Å².